The van der Waals surface area contributed by atoms with Crippen molar-refractivity contribution < 1.29 is 4.39 Å². The minimum Gasteiger partial charge on any atom is -0.255 e. The molecule has 0 unspecified atom stereocenters. The molecule has 0 fully saturated rings. The van der Waals surface area contributed by atoms with E-state index in [0.29, 0.717) is 16.3 Å². The van der Waals surface area contributed by atoms with Gasteiger partial charge in [0.25, 0.3) is 0 Å². The molecule has 2 aromatic heterocycles. The fourth-order valence-corrected chi connectivity index (χ4v) is 1.34. The van der Waals surface area contributed by atoms with Gasteiger partial charge in [-0.15, -0.1) is 0 Å². The molecule has 0 amide bonds. The van der Waals surface area contributed by atoms with Gasteiger partial charge in [0.15, 0.2) is 0 Å². The van der Waals surface area contributed by atoms with E-state index in [-0.39, 0.29) is 0 Å². The Morgan fingerprint density at radius 2 is 2.00 bits per heavy atom. The average molecular weight is 209 g/mol. The Labute approximate surface area is 85.4 Å². The number of nitrogens with zero attached hydrogens (tertiary/aromatic N) is 2. The fourth-order valence-electron chi connectivity index (χ4n) is 1.11. The number of halogens is 2. The van der Waals surface area contributed by atoms with Crippen molar-refractivity contribution in [2.75, 3.05) is 0 Å². The third-order valence-electron chi connectivity index (χ3n) is 1.76. The Hall–Kier alpha value is -1.48. The predicted octanol–water partition coefficient (Wildman–Crippen LogP) is 2.94. The van der Waals surface area contributed by atoms with Crippen molar-refractivity contribution in [1.29, 1.82) is 0 Å². The molecule has 0 aliphatic rings. The number of hydrogen-bond donors (Lipinski definition) is 0. The van der Waals surface area contributed by atoms with Crippen molar-refractivity contribution >= 4 is 11.6 Å². The summed E-state index contributed by atoms with van der Waals surface area (Å²) in [6.45, 7) is 0. The molecule has 0 spiro atoms. The van der Waals surface area contributed by atoms with E-state index < -0.39 is 5.95 Å². The van der Waals surface area contributed by atoms with Gasteiger partial charge in [0, 0.05) is 18.0 Å². The molecule has 2 aromatic rings. The van der Waals surface area contributed by atoms with E-state index in [9.17, 15) is 4.39 Å². The molecule has 14 heavy (non-hydrogen) atoms. The van der Waals surface area contributed by atoms with Gasteiger partial charge in [0.1, 0.15) is 0 Å². The van der Waals surface area contributed by atoms with Crippen LogP contribution in [0.15, 0.2) is 36.7 Å². The molecule has 70 valence electrons. The van der Waals surface area contributed by atoms with Crippen LogP contribution in [0.4, 0.5) is 4.39 Å². The summed E-state index contributed by atoms with van der Waals surface area (Å²) >= 11 is 5.91. The molecule has 0 radical (unpaired) electrons. The minimum absolute atomic E-state index is 0.513. The molecule has 2 heterocycles. The molecule has 2 rings (SSSR count). The van der Waals surface area contributed by atoms with Gasteiger partial charge in [-0.25, -0.2) is 4.98 Å². The van der Waals surface area contributed by atoms with Gasteiger partial charge in [-0.3, -0.25) is 4.98 Å². The zero-order valence-electron chi connectivity index (χ0n) is 7.11. The summed E-state index contributed by atoms with van der Waals surface area (Å²) in [6.07, 6.45) is 3.04. The maximum absolute atomic E-state index is 12.5. The van der Waals surface area contributed by atoms with E-state index in [2.05, 4.69) is 9.97 Å². The van der Waals surface area contributed by atoms with Gasteiger partial charge < -0.3 is 0 Å². The van der Waals surface area contributed by atoms with Crippen molar-refractivity contribution in [2.24, 2.45) is 0 Å². The zero-order valence-corrected chi connectivity index (χ0v) is 7.87. The quantitative estimate of drug-likeness (QED) is 0.674. The van der Waals surface area contributed by atoms with Gasteiger partial charge in [-0.05, 0) is 24.3 Å². The number of aromatic nitrogens is 2. The fraction of sp³-hybridized carbons (Fsp3) is 0. The van der Waals surface area contributed by atoms with Crippen LogP contribution in [0.3, 0.4) is 0 Å². The van der Waals surface area contributed by atoms with E-state index >= 15 is 0 Å². The Morgan fingerprint density at radius 3 is 2.64 bits per heavy atom. The Balaban J connectivity index is 2.50. The second-order valence-corrected chi connectivity index (χ2v) is 3.11. The van der Waals surface area contributed by atoms with E-state index in [1.807, 2.05) is 0 Å². The maximum Gasteiger partial charge on any atom is 0.212 e. The SMILES string of the molecule is Fc1ccc(-c2ncccc2Cl)cn1. The minimum atomic E-state index is -0.513. The average Bonchev–Trinajstić information content (AvgIpc) is 2.20. The molecule has 2 nitrogen and oxygen atoms in total. The normalized spacial score (nSPS) is 10.1. The lowest BCUT2D eigenvalue weighted by Gasteiger charge is -2.01. The van der Waals surface area contributed by atoms with Crippen molar-refractivity contribution in [1.82, 2.24) is 9.97 Å². The summed E-state index contributed by atoms with van der Waals surface area (Å²) in [7, 11) is 0. The van der Waals surface area contributed by atoms with Gasteiger partial charge >= 0.3 is 0 Å². The van der Waals surface area contributed by atoms with Crippen LogP contribution >= 0.6 is 11.6 Å². The summed E-state index contributed by atoms with van der Waals surface area (Å²) in [5.74, 6) is -0.513. The Morgan fingerprint density at radius 1 is 1.14 bits per heavy atom. The van der Waals surface area contributed by atoms with Crippen molar-refractivity contribution in [3.8, 4) is 11.3 Å². The van der Waals surface area contributed by atoms with Crippen LogP contribution < -0.4 is 0 Å². The van der Waals surface area contributed by atoms with Crippen LogP contribution in [0.25, 0.3) is 11.3 Å². The molecule has 0 atom stereocenters. The molecule has 0 saturated heterocycles. The smallest absolute Gasteiger partial charge is 0.212 e. The van der Waals surface area contributed by atoms with Crippen molar-refractivity contribution in [2.45, 2.75) is 0 Å². The van der Waals surface area contributed by atoms with E-state index in [0.717, 1.165) is 0 Å². The summed E-state index contributed by atoms with van der Waals surface area (Å²) in [6, 6.07) is 6.34. The second-order valence-electron chi connectivity index (χ2n) is 2.70. The summed E-state index contributed by atoms with van der Waals surface area (Å²) < 4.78 is 12.5. The van der Waals surface area contributed by atoms with E-state index in [4.69, 9.17) is 11.6 Å². The topological polar surface area (TPSA) is 25.8 Å². The van der Waals surface area contributed by atoms with Gasteiger partial charge in [-0.2, -0.15) is 4.39 Å². The molecule has 0 aliphatic carbocycles. The first-order valence-electron chi connectivity index (χ1n) is 4.00. The summed E-state index contributed by atoms with van der Waals surface area (Å²) in [4.78, 5) is 7.62. The summed E-state index contributed by atoms with van der Waals surface area (Å²) in [5, 5.41) is 0.529. The Bertz CT molecular complexity index is 442. The van der Waals surface area contributed by atoms with Gasteiger partial charge in [0.2, 0.25) is 5.95 Å². The molecule has 0 aliphatic heterocycles. The van der Waals surface area contributed by atoms with Gasteiger partial charge in [-0.1, -0.05) is 11.6 Å². The third-order valence-corrected chi connectivity index (χ3v) is 2.06. The molecule has 0 N–H and O–H groups in total. The van der Waals surface area contributed by atoms with Crippen LogP contribution in [0, 0.1) is 5.95 Å². The molecule has 0 bridgehead atoms. The number of pyridine rings is 2. The van der Waals surface area contributed by atoms with E-state index in [1.165, 1.54) is 12.3 Å². The maximum atomic E-state index is 12.5. The standard InChI is InChI=1S/C10H6ClFN2/c11-8-2-1-5-13-10(8)7-3-4-9(12)14-6-7/h1-6H. The summed E-state index contributed by atoms with van der Waals surface area (Å²) in [5.41, 5.74) is 1.32. The lowest BCUT2D eigenvalue weighted by molar-refractivity contribution is 0.584. The van der Waals surface area contributed by atoms with Crippen LogP contribution in [-0.4, -0.2) is 9.97 Å². The highest BCUT2D eigenvalue weighted by Gasteiger charge is 2.04. The first kappa shape index (κ1) is 9.09. The van der Waals surface area contributed by atoms with Crippen LogP contribution in [0.2, 0.25) is 5.02 Å². The highest BCUT2D eigenvalue weighted by atomic mass is 35.5. The largest absolute Gasteiger partial charge is 0.255 e. The highest BCUT2D eigenvalue weighted by Crippen LogP contribution is 2.23. The molecule has 0 aromatic carbocycles. The lowest BCUT2D eigenvalue weighted by Crippen LogP contribution is -1.87. The van der Waals surface area contributed by atoms with Crippen molar-refractivity contribution in [3.05, 3.63) is 47.6 Å². The van der Waals surface area contributed by atoms with Gasteiger partial charge in [0.05, 0.1) is 10.7 Å². The zero-order chi connectivity index (χ0) is 9.97. The Kier molecular flexibility index (Phi) is 2.41. The van der Waals surface area contributed by atoms with Crippen LogP contribution in [0.5, 0.6) is 0 Å². The molecule has 0 saturated carbocycles. The second kappa shape index (κ2) is 3.72. The van der Waals surface area contributed by atoms with Crippen LogP contribution in [-0.2, 0) is 0 Å². The molecular weight excluding hydrogens is 203 g/mol. The lowest BCUT2D eigenvalue weighted by atomic mass is 10.2. The first-order chi connectivity index (χ1) is 6.77. The molecular formula is C10H6ClFN2. The predicted molar refractivity (Wildman–Crippen MR) is 52.4 cm³/mol. The monoisotopic (exact) mass is 208 g/mol. The number of hydrogen-bond acceptors (Lipinski definition) is 2. The van der Waals surface area contributed by atoms with Crippen molar-refractivity contribution in [3.63, 3.8) is 0 Å². The first-order valence-corrected chi connectivity index (χ1v) is 4.37. The highest BCUT2D eigenvalue weighted by molar-refractivity contribution is 6.32. The van der Waals surface area contributed by atoms with Crippen LogP contribution in [0.1, 0.15) is 0 Å². The molecule has 4 heteroatoms. The number of rotatable bonds is 1. The third kappa shape index (κ3) is 1.72. The van der Waals surface area contributed by atoms with E-state index in [1.54, 1.807) is 24.4 Å².